The second-order valence-electron chi connectivity index (χ2n) is 0.408. The summed E-state index contributed by atoms with van der Waals surface area (Å²) in [5.74, 6) is 0. The highest BCUT2D eigenvalue weighted by atomic mass is 79.9. The predicted molar refractivity (Wildman–Crippen MR) is 49.7 cm³/mol. The van der Waals surface area contributed by atoms with Gasteiger partial charge in [-0.1, -0.05) is 0 Å². The summed E-state index contributed by atoms with van der Waals surface area (Å²) in [6.07, 6.45) is 0. The molecule has 0 aliphatic heterocycles. The van der Waals surface area contributed by atoms with Gasteiger partial charge in [-0.2, -0.15) is 0 Å². The summed E-state index contributed by atoms with van der Waals surface area (Å²) in [6.45, 7) is 0. The Morgan fingerprint density at radius 3 is 0.857 bits per heavy atom. The van der Waals surface area contributed by atoms with E-state index in [0.717, 1.165) is 0 Å². The first kappa shape index (κ1) is 39.3. The smallest absolute Gasteiger partial charge is 0.0351 e. The van der Waals surface area contributed by atoms with Gasteiger partial charge in [0.2, 0.25) is 0 Å². The molecule has 0 aromatic heterocycles. The molecule has 0 unspecified atom stereocenters. The van der Waals surface area contributed by atoms with Gasteiger partial charge < -0.3 is 4.74 Å². The van der Waals surface area contributed by atoms with E-state index in [-0.39, 0.29) is 59.4 Å². The molecule has 0 saturated carbocycles. The van der Waals surface area contributed by atoms with E-state index in [4.69, 9.17) is 0 Å². The minimum Gasteiger partial charge on any atom is -0.388 e. The molecule has 47 valence electrons. The van der Waals surface area contributed by atoms with Gasteiger partial charge in [-0.15, -0.1) is 50.9 Å². The summed E-state index contributed by atoms with van der Waals surface area (Å²) in [4.78, 5) is 0. The van der Waals surface area contributed by atoms with Crippen LogP contribution in [0.5, 0.6) is 0 Å². The monoisotopic (exact) mass is 297 g/mol. The molecule has 0 aromatic rings. The third-order valence-corrected chi connectivity index (χ3v) is 0. The molecule has 0 atom stereocenters. The Kier molecular flexibility index (Phi) is 288. The predicted octanol–water partition coefficient (Wildman–Crippen LogP) is 1.62. The van der Waals surface area contributed by atoms with Gasteiger partial charge in [0.1, 0.15) is 0 Å². The van der Waals surface area contributed by atoms with Crippen molar-refractivity contribution in [2.45, 2.75) is 0 Å². The molecule has 0 rings (SSSR count). The summed E-state index contributed by atoms with van der Waals surface area (Å²) in [7, 11) is 3.25. The summed E-state index contributed by atoms with van der Waals surface area (Å²) in [6, 6.07) is 0. The fraction of sp³-hybridized carbons (Fsp3) is 1.00. The molecule has 0 aromatic carbocycles. The zero-order valence-corrected chi connectivity index (χ0v) is 9.35. The lowest BCUT2D eigenvalue weighted by atomic mass is 10.8. The molecule has 0 fully saturated rings. The zero-order chi connectivity index (χ0) is 2.71. The first-order valence-electron chi connectivity index (χ1n) is 0.816. The van der Waals surface area contributed by atoms with Crippen LogP contribution >= 0.6 is 50.9 Å². The summed E-state index contributed by atoms with van der Waals surface area (Å²) in [5, 5.41) is 0. The lowest BCUT2D eigenvalue weighted by Gasteiger charge is -1.61. The third-order valence-electron chi connectivity index (χ3n) is 0. The van der Waals surface area contributed by atoms with Crippen molar-refractivity contribution in [2.24, 2.45) is 0 Å². The molecule has 0 N–H and O–H groups in total. The SMILES string of the molecule is Br.Br.Br.COC.[B]. The zero-order valence-electron chi connectivity index (χ0n) is 4.21. The Morgan fingerprint density at radius 1 is 0.857 bits per heavy atom. The number of ether oxygens (including phenoxy) is 1. The van der Waals surface area contributed by atoms with Crippen LogP contribution in [0.15, 0.2) is 0 Å². The average Bonchev–Trinajstić information content (AvgIpc) is 0.918. The van der Waals surface area contributed by atoms with Crippen molar-refractivity contribution in [1.82, 2.24) is 0 Å². The number of hydrogen-bond donors (Lipinski definition) is 0. The summed E-state index contributed by atoms with van der Waals surface area (Å²) < 4.78 is 4.25. The molecule has 0 spiro atoms. The van der Waals surface area contributed by atoms with Gasteiger partial charge in [0.05, 0.1) is 0 Å². The molecular formula is C2H9BBr3O. The van der Waals surface area contributed by atoms with Gasteiger partial charge in [-0.05, 0) is 0 Å². The molecule has 0 amide bonds. The van der Waals surface area contributed by atoms with E-state index >= 15 is 0 Å². The van der Waals surface area contributed by atoms with Crippen molar-refractivity contribution in [2.75, 3.05) is 14.2 Å². The van der Waals surface area contributed by atoms with Gasteiger partial charge in [-0.25, -0.2) is 0 Å². The molecule has 5 heteroatoms. The van der Waals surface area contributed by atoms with Crippen molar-refractivity contribution in [1.29, 1.82) is 0 Å². The number of halogens is 3. The van der Waals surface area contributed by atoms with E-state index in [1.165, 1.54) is 0 Å². The maximum atomic E-state index is 4.25. The second kappa shape index (κ2) is 51.4. The van der Waals surface area contributed by atoms with E-state index < -0.39 is 0 Å². The highest BCUT2D eigenvalue weighted by molar-refractivity contribution is 8.93. The molecule has 0 heterocycles. The van der Waals surface area contributed by atoms with Gasteiger partial charge in [0, 0.05) is 22.6 Å². The Bertz CT molecular complexity index is 12.9. The van der Waals surface area contributed by atoms with Crippen LogP contribution in [-0.2, 0) is 4.74 Å². The van der Waals surface area contributed by atoms with Crippen molar-refractivity contribution >= 4 is 59.4 Å². The van der Waals surface area contributed by atoms with Gasteiger partial charge in [0.25, 0.3) is 0 Å². The Balaban J connectivity index is -0.00000000333. The molecule has 0 aliphatic carbocycles. The summed E-state index contributed by atoms with van der Waals surface area (Å²) in [5.41, 5.74) is 0. The first-order valence-corrected chi connectivity index (χ1v) is 0.816. The Morgan fingerprint density at radius 2 is 0.857 bits per heavy atom. The molecular weight excluding hydrogens is 291 g/mol. The normalized spacial score (nSPS) is 2.57. The van der Waals surface area contributed by atoms with E-state index in [9.17, 15) is 0 Å². The quantitative estimate of drug-likeness (QED) is 0.618. The summed E-state index contributed by atoms with van der Waals surface area (Å²) >= 11 is 0. The van der Waals surface area contributed by atoms with Gasteiger partial charge in [-0.3, -0.25) is 0 Å². The van der Waals surface area contributed by atoms with Gasteiger partial charge in [0.15, 0.2) is 0 Å². The van der Waals surface area contributed by atoms with E-state index in [0.29, 0.717) is 0 Å². The largest absolute Gasteiger partial charge is 0.388 e. The molecule has 0 saturated heterocycles. The molecule has 0 aliphatic rings. The van der Waals surface area contributed by atoms with Crippen LogP contribution in [0.4, 0.5) is 0 Å². The van der Waals surface area contributed by atoms with Crippen molar-refractivity contribution in [3.8, 4) is 0 Å². The van der Waals surface area contributed by atoms with Crippen LogP contribution in [0.25, 0.3) is 0 Å². The van der Waals surface area contributed by atoms with Gasteiger partial charge >= 0.3 is 0 Å². The van der Waals surface area contributed by atoms with Crippen molar-refractivity contribution in [3.63, 3.8) is 0 Å². The lowest BCUT2D eigenvalue weighted by Crippen LogP contribution is -1.55. The Labute approximate surface area is 78.1 Å². The van der Waals surface area contributed by atoms with Crippen molar-refractivity contribution in [3.05, 3.63) is 0 Å². The standard InChI is InChI=1S/C2H6O.B.3BrH/c1-3-2;;;;/h1-2H3;;3*1H. The van der Waals surface area contributed by atoms with Crippen LogP contribution in [0.1, 0.15) is 0 Å². The van der Waals surface area contributed by atoms with Crippen LogP contribution in [0.3, 0.4) is 0 Å². The maximum Gasteiger partial charge on any atom is 0.0351 e. The van der Waals surface area contributed by atoms with E-state index in [1.807, 2.05) is 0 Å². The minimum atomic E-state index is 0. The van der Waals surface area contributed by atoms with E-state index in [2.05, 4.69) is 4.74 Å². The maximum absolute atomic E-state index is 4.25. The van der Waals surface area contributed by atoms with Crippen LogP contribution in [0, 0.1) is 0 Å². The second-order valence-corrected chi connectivity index (χ2v) is 0.408. The fourth-order valence-electron chi connectivity index (χ4n) is 0. The van der Waals surface area contributed by atoms with Crippen LogP contribution < -0.4 is 0 Å². The lowest BCUT2D eigenvalue weighted by molar-refractivity contribution is 0.277. The number of methoxy groups -OCH3 is 1. The fourth-order valence-corrected chi connectivity index (χ4v) is 0. The minimum absolute atomic E-state index is 0. The highest BCUT2D eigenvalue weighted by Crippen LogP contribution is 1.28. The number of rotatable bonds is 0. The Hall–Kier alpha value is 1.46. The molecule has 7 heavy (non-hydrogen) atoms. The molecule has 1 nitrogen and oxygen atoms in total. The van der Waals surface area contributed by atoms with Crippen molar-refractivity contribution < 1.29 is 4.74 Å². The highest BCUT2D eigenvalue weighted by Gasteiger charge is 1.25. The van der Waals surface area contributed by atoms with E-state index in [1.54, 1.807) is 14.2 Å². The number of hydrogen-bond acceptors (Lipinski definition) is 1. The average molecular weight is 300 g/mol. The third kappa shape index (κ3) is 104. The molecule has 0 bridgehead atoms. The van der Waals surface area contributed by atoms with Crippen LogP contribution in [0.2, 0.25) is 0 Å². The first-order chi connectivity index (χ1) is 1.41. The topological polar surface area (TPSA) is 9.23 Å². The van der Waals surface area contributed by atoms with Crippen LogP contribution in [-0.4, -0.2) is 22.6 Å². The molecule has 3 radical (unpaired) electrons.